The molecule has 1 amide bonds. The Labute approximate surface area is 125 Å². The Morgan fingerprint density at radius 2 is 1.76 bits per heavy atom. The van der Waals surface area contributed by atoms with Crippen LogP contribution >= 0.6 is 0 Å². The Kier molecular flexibility index (Phi) is 3.49. The second-order valence-electron chi connectivity index (χ2n) is 6.24. The number of aryl methyl sites for hydroxylation is 3. The van der Waals surface area contributed by atoms with Gasteiger partial charge in [0, 0.05) is 10.9 Å². The molecular weight excluding hydrogens is 264 g/mol. The number of piperazine rings is 1. The lowest BCUT2D eigenvalue weighted by Crippen LogP contribution is -3.12. The summed E-state index contributed by atoms with van der Waals surface area (Å²) in [6.45, 7) is 9.75. The van der Waals surface area contributed by atoms with E-state index in [1.165, 1.54) is 16.0 Å². The number of hydrogen-bond donors (Lipinski definition) is 1. The quantitative estimate of drug-likeness (QED) is 0.859. The highest BCUT2D eigenvalue weighted by Gasteiger charge is 2.27. The molecule has 112 valence electrons. The van der Waals surface area contributed by atoms with Crippen molar-refractivity contribution in [2.45, 2.75) is 20.8 Å². The van der Waals surface area contributed by atoms with Gasteiger partial charge in [-0.1, -0.05) is 0 Å². The van der Waals surface area contributed by atoms with Gasteiger partial charge in [-0.2, -0.15) is 0 Å². The Balaban J connectivity index is 1.97. The lowest BCUT2D eigenvalue weighted by atomic mass is 10.0. The van der Waals surface area contributed by atoms with Crippen LogP contribution in [-0.2, 0) is 0 Å². The minimum absolute atomic E-state index is 0.0338. The summed E-state index contributed by atoms with van der Waals surface area (Å²) in [5.74, 6) is 0.543. The fraction of sp³-hybridized carbons (Fsp3) is 0.471. The van der Waals surface area contributed by atoms with Crippen LogP contribution in [0.4, 0.5) is 0 Å². The Bertz CT molecular complexity index is 694. The van der Waals surface area contributed by atoms with Crippen molar-refractivity contribution in [1.29, 1.82) is 0 Å². The van der Waals surface area contributed by atoms with E-state index < -0.39 is 0 Å². The molecule has 1 saturated heterocycles. The predicted molar refractivity (Wildman–Crippen MR) is 82.9 cm³/mol. The largest absolute Gasteiger partial charge is 0.451 e. The first-order valence-electron chi connectivity index (χ1n) is 7.58. The predicted octanol–water partition coefficient (Wildman–Crippen LogP) is 1.33. The molecule has 2 heterocycles. The average Bonchev–Trinajstić information content (AvgIpc) is 2.77. The van der Waals surface area contributed by atoms with Gasteiger partial charge in [0.05, 0.1) is 33.2 Å². The summed E-state index contributed by atoms with van der Waals surface area (Å²) in [5, 5.41) is 1.06. The van der Waals surface area contributed by atoms with Gasteiger partial charge in [-0.05, 0) is 44.0 Å². The number of nitrogens with one attached hydrogen (secondary N) is 1. The molecule has 0 aliphatic carbocycles. The molecule has 4 heteroatoms. The molecule has 0 spiro atoms. The third-order valence-electron chi connectivity index (χ3n) is 4.65. The van der Waals surface area contributed by atoms with Crippen molar-refractivity contribution < 1.29 is 14.1 Å². The second kappa shape index (κ2) is 5.19. The zero-order chi connectivity index (χ0) is 15.1. The standard InChI is InChI=1S/C17H22N2O2/c1-11-9-14-13(3)16(21-15(14)10-12(11)2)17(20)19-7-5-18(4)6-8-19/h9-10H,5-8H2,1-4H3/p+1. The molecule has 1 aliphatic heterocycles. The van der Waals surface area contributed by atoms with Crippen LogP contribution in [0.15, 0.2) is 16.5 Å². The molecule has 0 radical (unpaired) electrons. The monoisotopic (exact) mass is 287 g/mol. The van der Waals surface area contributed by atoms with Crippen molar-refractivity contribution in [2.24, 2.45) is 0 Å². The molecule has 1 N–H and O–H groups in total. The molecule has 4 nitrogen and oxygen atoms in total. The maximum Gasteiger partial charge on any atom is 0.290 e. The van der Waals surface area contributed by atoms with E-state index in [1.807, 2.05) is 17.9 Å². The van der Waals surface area contributed by atoms with E-state index in [2.05, 4.69) is 27.0 Å². The van der Waals surface area contributed by atoms with E-state index >= 15 is 0 Å². The van der Waals surface area contributed by atoms with E-state index in [9.17, 15) is 4.79 Å². The summed E-state index contributed by atoms with van der Waals surface area (Å²) >= 11 is 0. The molecule has 2 aromatic rings. The number of carbonyl (C=O) groups is 1. The molecule has 1 aromatic carbocycles. The van der Waals surface area contributed by atoms with E-state index in [0.717, 1.165) is 42.7 Å². The fourth-order valence-corrected chi connectivity index (χ4v) is 2.92. The number of likely N-dealkylation sites (N-methyl/N-ethyl adjacent to an activating group) is 1. The number of benzene rings is 1. The number of carbonyl (C=O) groups excluding carboxylic acids is 1. The maximum absolute atomic E-state index is 12.7. The van der Waals surface area contributed by atoms with Gasteiger partial charge in [-0.3, -0.25) is 4.79 Å². The first kappa shape index (κ1) is 14.1. The normalized spacial score (nSPS) is 16.7. The number of amides is 1. The molecular formula is C17H23N2O2+. The topological polar surface area (TPSA) is 37.9 Å². The number of hydrogen-bond acceptors (Lipinski definition) is 2. The van der Waals surface area contributed by atoms with Crippen LogP contribution in [0.1, 0.15) is 27.2 Å². The van der Waals surface area contributed by atoms with E-state index in [1.54, 1.807) is 0 Å². The van der Waals surface area contributed by atoms with Crippen molar-refractivity contribution >= 4 is 16.9 Å². The first-order valence-corrected chi connectivity index (χ1v) is 7.58. The highest BCUT2D eigenvalue weighted by atomic mass is 16.3. The fourth-order valence-electron chi connectivity index (χ4n) is 2.92. The van der Waals surface area contributed by atoms with Crippen molar-refractivity contribution in [1.82, 2.24) is 4.90 Å². The van der Waals surface area contributed by atoms with Gasteiger partial charge in [-0.15, -0.1) is 0 Å². The summed E-state index contributed by atoms with van der Waals surface area (Å²) in [4.78, 5) is 16.1. The zero-order valence-corrected chi connectivity index (χ0v) is 13.2. The summed E-state index contributed by atoms with van der Waals surface area (Å²) in [6, 6.07) is 4.15. The number of quaternary nitrogens is 1. The smallest absolute Gasteiger partial charge is 0.290 e. The average molecular weight is 287 g/mol. The minimum atomic E-state index is 0.0338. The van der Waals surface area contributed by atoms with Gasteiger partial charge < -0.3 is 14.2 Å². The van der Waals surface area contributed by atoms with Crippen LogP contribution in [0, 0.1) is 20.8 Å². The van der Waals surface area contributed by atoms with E-state index in [0.29, 0.717) is 5.76 Å². The maximum atomic E-state index is 12.7. The number of rotatable bonds is 1. The Morgan fingerprint density at radius 1 is 1.14 bits per heavy atom. The van der Waals surface area contributed by atoms with Gasteiger partial charge in [0.25, 0.3) is 5.91 Å². The number of furan rings is 1. The zero-order valence-electron chi connectivity index (χ0n) is 13.2. The summed E-state index contributed by atoms with van der Waals surface area (Å²) < 4.78 is 5.88. The lowest BCUT2D eigenvalue weighted by molar-refractivity contribution is -0.883. The molecule has 3 rings (SSSR count). The first-order chi connectivity index (χ1) is 9.97. The molecule has 0 saturated carbocycles. The summed E-state index contributed by atoms with van der Waals surface area (Å²) in [6.07, 6.45) is 0. The van der Waals surface area contributed by atoms with Gasteiger partial charge >= 0.3 is 0 Å². The van der Waals surface area contributed by atoms with Crippen LogP contribution < -0.4 is 4.90 Å². The highest BCUT2D eigenvalue weighted by Crippen LogP contribution is 2.28. The van der Waals surface area contributed by atoms with Gasteiger partial charge in [0.15, 0.2) is 5.76 Å². The van der Waals surface area contributed by atoms with Crippen LogP contribution in [0.3, 0.4) is 0 Å². The van der Waals surface area contributed by atoms with Gasteiger partial charge in [0.2, 0.25) is 0 Å². The Morgan fingerprint density at radius 3 is 2.43 bits per heavy atom. The van der Waals surface area contributed by atoms with Gasteiger partial charge in [-0.25, -0.2) is 0 Å². The lowest BCUT2D eigenvalue weighted by Gasteiger charge is -2.29. The third kappa shape index (κ3) is 2.44. The van der Waals surface area contributed by atoms with Crippen LogP contribution in [0.5, 0.6) is 0 Å². The molecule has 1 aliphatic rings. The molecule has 0 bridgehead atoms. The molecule has 1 aromatic heterocycles. The Hall–Kier alpha value is -1.81. The van der Waals surface area contributed by atoms with Crippen molar-refractivity contribution in [3.05, 3.63) is 34.6 Å². The molecule has 1 fully saturated rings. The SMILES string of the molecule is Cc1cc2oc(C(=O)N3CC[NH+](C)CC3)c(C)c2cc1C. The van der Waals surface area contributed by atoms with Crippen LogP contribution in [0.2, 0.25) is 0 Å². The van der Waals surface area contributed by atoms with Crippen LogP contribution in [-0.4, -0.2) is 44.0 Å². The number of fused-ring (bicyclic) bond motifs is 1. The van der Waals surface area contributed by atoms with Gasteiger partial charge in [0.1, 0.15) is 5.58 Å². The van der Waals surface area contributed by atoms with E-state index in [4.69, 9.17) is 4.42 Å². The number of nitrogens with zero attached hydrogens (tertiary/aromatic N) is 1. The van der Waals surface area contributed by atoms with Crippen LogP contribution in [0.25, 0.3) is 11.0 Å². The van der Waals surface area contributed by atoms with Crippen molar-refractivity contribution in [3.63, 3.8) is 0 Å². The van der Waals surface area contributed by atoms with Crippen molar-refractivity contribution in [3.8, 4) is 0 Å². The highest BCUT2D eigenvalue weighted by molar-refractivity contribution is 5.99. The third-order valence-corrected chi connectivity index (χ3v) is 4.65. The molecule has 0 atom stereocenters. The van der Waals surface area contributed by atoms with E-state index in [-0.39, 0.29) is 5.91 Å². The molecule has 21 heavy (non-hydrogen) atoms. The minimum Gasteiger partial charge on any atom is -0.451 e. The summed E-state index contributed by atoms with van der Waals surface area (Å²) in [5.41, 5.74) is 4.20. The molecule has 0 unspecified atom stereocenters. The van der Waals surface area contributed by atoms with Crippen molar-refractivity contribution in [2.75, 3.05) is 33.2 Å². The summed E-state index contributed by atoms with van der Waals surface area (Å²) in [7, 11) is 2.17. The second-order valence-corrected chi connectivity index (χ2v) is 6.24.